The summed E-state index contributed by atoms with van der Waals surface area (Å²) in [6.07, 6.45) is 4.78. The Hall–Kier alpha value is -3.56. The molecule has 4 aromatic rings. The van der Waals surface area contributed by atoms with E-state index in [0.29, 0.717) is 24.9 Å². The highest BCUT2D eigenvalue weighted by atomic mass is 32.2. The Labute approximate surface area is 236 Å². The van der Waals surface area contributed by atoms with Crippen LogP contribution in [0.4, 0.5) is 0 Å². The van der Waals surface area contributed by atoms with Crippen molar-refractivity contribution in [2.75, 3.05) is 6.54 Å². The molecule has 0 atom stereocenters. The van der Waals surface area contributed by atoms with Gasteiger partial charge < -0.3 is 10.3 Å². The Bertz CT molecular complexity index is 1650. The number of hydrogen-bond acceptors (Lipinski definition) is 6. The van der Waals surface area contributed by atoms with E-state index in [1.807, 2.05) is 37.3 Å². The lowest BCUT2D eigenvalue weighted by Crippen LogP contribution is -2.48. The third-order valence-corrected chi connectivity index (χ3v) is 9.50. The summed E-state index contributed by atoms with van der Waals surface area (Å²) in [4.78, 5) is 22.9. The van der Waals surface area contributed by atoms with Gasteiger partial charge in [0, 0.05) is 24.2 Å². The van der Waals surface area contributed by atoms with E-state index in [-0.39, 0.29) is 11.4 Å². The summed E-state index contributed by atoms with van der Waals surface area (Å²) >= 11 is 0. The molecule has 0 bridgehead atoms. The molecule has 0 saturated heterocycles. The van der Waals surface area contributed by atoms with Crippen molar-refractivity contribution < 1.29 is 13.2 Å². The van der Waals surface area contributed by atoms with Gasteiger partial charge in [0.05, 0.1) is 16.9 Å². The number of sulfonamides is 1. The number of fused-ring (bicyclic) bond motifs is 1. The highest BCUT2D eigenvalue weighted by Gasteiger charge is 2.40. The van der Waals surface area contributed by atoms with E-state index in [0.717, 1.165) is 65.1 Å². The molecule has 1 aliphatic rings. The molecule has 1 aliphatic carbocycles. The number of rotatable bonds is 8. The molecule has 0 unspecified atom stereocenters. The molecule has 0 aliphatic heterocycles. The number of carbonyl (C=O) groups excluding carboxylic acids is 1. The number of benzene rings is 2. The van der Waals surface area contributed by atoms with Crippen molar-refractivity contribution >= 4 is 27.1 Å². The number of hydrogen-bond donors (Lipinski definition) is 2. The van der Waals surface area contributed by atoms with E-state index in [1.165, 1.54) is 6.07 Å². The van der Waals surface area contributed by atoms with Crippen molar-refractivity contribution in [1.29, 1.82) is 0 Å². The molecule has 1 saturated carbocycles. The molecule has 3 N–H and O–H groups in total. The zero-order chi connectivity index (χ0) is 28.5. The zero-order valence-electron chi connectivity index (χ0n) is 23.4. The van der Waals surface area contributed by atoms with Crippen LogP contribution >= 0.6 is 0 Å². The summed E-state index contributed by atoms with van der Waals surface area (Å²) in [5.74, 6) is 0.471. The molecule has 5 rings (SSSR count). The SMILES string of the molecule is CCc1nc2c(C)cc(C)nc2n1Cc1ccc(-c2ccccc2S(=O)(=O)NC(=O)C2(CN)CCCCC2)cc1. The number of aryl methyl sites for hydroxylation is 3. The van der Waals surface area contributed by atoms with Crippen molar-refractivity contribution in [3.05, 3.63) is 77.2 Å². The Kier molecular flexibility index (Phi) is 7.79. The van der Waals surface area contributed by atoms with Crippen molar-refractivity contribution in [2.24, 2.45) is 11.1 Å². The minimum absolute atomic E-state index is 0.0723. The number of nitrogens with zero attached hydrogens (tertiary/aromatic N) is 3. The van der Waals surface area contributed by atoms with Crippen molar-refractivity contribution in [3.63, 3.8) is 0 Å². The Balaban J connectivity index is 1.43. The second kappa shape index (κ2) is 11.1. The summed E-state index contributed by atoms with van der Waals surface area (Å²) < 4.78 is 31.5. The molecule has 40 heavy (non-hydrogen) atoms. The summed E-state index contributed by atoms with van der Waals surface area (Å²) in [6, 6.07) is 16.7. The van der Waals surface area contributed by atoms with Gasteiger partial charge in [-0.05, 0) is 55.5 Å². The maximum Gasteiger partial charge on any atom is 0.264 e. The predicted octanol–water partition coefficient (Wildman–Crippen LogP) is 5.04. The second-order valence-corrected chi connectivity index (χ2v) is 12.5. The van der Waals surface area contributed by atoms with Crippen LogP contribution in [0, 0.1) is 19.3 Å². The van der Waals surface area contributed by atoms with Crippen molar-refractivity contribution in [2.45, 2.75) is 70.7 Å². The van der Waals surface area contributed by atoms with Gasteiger partial charge in [-0.1, -0.05) is 68.7 Å². The molecule has 1 amide bonds. The molecule has 210 valence electrons. The first-order valence-corrected chi connectivity index (χ1v) is 15.4. The van der Waals surface area contributed by atoms with Crippen LogP contribution in [0.2, 0.25) is 0 Å². The maximum atomic E-state index is 13.5. The van der Waals surface area contributed by atoms with Gasteiger partial charge in [-0.25, -0.2) is 23.1 Å². The van der Waals surface area contributed by atoms with Gasteiger partial charge in [0.25, 0.3) is 10.0 Å². The monoisotopic (exact) mass is 559 g/mol. The normalized spacial score (nSPS) is 15.3. The fourth-order valence-electron chi connectivity index (χ4n) is 5.83. The summed E-state index contributed by atoms with van der Waals surface area (Å²) in [6.45, 7) is 6.87. The minimum atomic E-state index is -4.10. The first-order valence-electron chi connectivity index (χ1n) is 14.0. The number of aromatic nitrogens is 3. The number of imidazole rings is 1. The molecule has 0 spiro atoms. The van der Waals surface area contributed by atoms with Gasteiger partial charge in [-0.2, -0.15) is 0 Å². The molecular weight excluding hydrogens is 522 g/mol. The van der Waals surface area contributed by atoms with Gasteiger partial charge in [0.15, 0.2) is 5.65 Å². The van der Waals surface area contributed by atoms with Crippen LogP contribution in [0.25, 0.3) is 22.3 Å². The van der Waals surface area contributed by atoms with Crippen LogP contribution in [0.5, 0.6) is 0 Å². The minimum Gasteiger partial charge on any atom is -0.329 e. The molecule has 2 heterocycles. The third kappa shape index (κ3) is 5.28. The first kappa shape index (κ1) is 28.0. The van der Waals surface area contributed by atoms with E-state index in [1.54, 1.807) is 18.2 Å². The largest absolute Gasteiger partial charge is 0.329 e. The van der Waals surface area contributed by atoms with Crippen LogP contribution in [-0.2, 0) is 27.8 Å². The summed E-state index contributed by atoms with van der Waals surface area (Å²) in [5.41, 5.74) is 11.3. The van der Waals surface area contributed by atoms with Gasteiger partial charge >= 0.3 is 0 Å². The lowest BCUT2D eigenvalue weighted by molar-refractivity contribution is -0.130. The van der Waals surface area contributed by atoms with E-state index in [2.05, 4.69) is 23.1 Å². The molecule has 0 radical (unpaired) electrons. The molecular formula is C31H37N5O3S. The van der Waals surface area contributed by atoms with Gasteiger partial charge in [-0.3, -0.25) is 4.79 Å². The number of nitrogens with two attached hydrogens (primary N) is 1. The van der Waals surface area contributed by atoms with Gasteiger partial charge in [0.2, 0.25) is 5.91 Å². The van der Waals surface area contributed by atoms with Crippen LogP contribution in [0.3, 0.4) is 0 Å². The Morgan fingerprint density at radius 1 is 1.02 bits per heavy atom. The third-order valence-electron chi connectivity index (χ3n) is 8.11. The highest BCUT2D eigenvalue weighted by Crippen LogP contribution is 2.36. The number of pyridine rings is 1. The number of carbonyl (C=O) groups is 1. The predicted molar refractivity (Wildman–Crippen MR) is 157 cm³/mol. The topological polar surface area (TPSA) is 120 Å². The average Bonchev–Trinajstić information content (AvgIpc) is 3.31. The smallest absolute Gasteiger partial charge is 0.264 e. The van der Waals surface area contributed by atoms with Crippen LogP contribution < -0.4 is 10.5 Å². The molecule has 2 aromatic heterocycles. The summed E-state index contributed by atoms with van der Waals surface area (Å²) in [5, 5.41) is 0. The quantitative estimate of drug-likeness (QED) is 0.312. The van der Waals surface area contributed by atoms with E-state index in [9.17, 15) is 13.2 Å². The zero-order valence-corrected chi connectivity index (χ0v) is 24.2. The van der Waals surface area contributed by atoms with Crippen molar-refractivity contribution in [3.8, 4) is 11.1 Å². The van der Waals surface area contributed by atoms with Gasteiger partial charge in [-0.15, -0.1) is 0 Å². The molecule has 8 nitrogen and oxygen atoms in total. The number of amides is 1. The van der Waals surface area contributed by atoms with E-state index in [4.69, 9.17) is 15.7 Å². The van der Waals surface area contributed by atoms with Gasteiger partial charge in [0.1, 0.15) is 11.3 Å². The van der Waals surface area contributed by atoms with Crippen LogP contribution in [-0.4, -0.2) is 35.4 Å². The van der Waals surface area contributed by atoms with Crippen LogP contribution in [0.1, 0.15) is 61.7 Å². The van der Waals surface area contributed by atoms with E-state index >= 15 is 0 Å². The Morgan fingerprint density at radius 2 is 1.73 bits per heavy atom. The standard InChI is InChI=1S/C31H37N5O3S/c1-4-27-34-28-21(2)18-22(3)33-29(28)36(27)19-23-12-14-24(15-13-23)25-10-6-7-11-26(25)40(38,39)35-30(37)31(20-32)16-8-5-9-17-31/h6-7,10-15,18H,4-5,8-9,16-17,19-20,32H2,1-3H3,(H,35,37). The second-order valence-electron chi connectivity index (χ2n) is 10.9. The Morgan fingerprint density at radius 3 is 2.40 bits per heavy atom. The molecule has 9 heteroatoms. The highest BCUT2D eigenvalue weighted by molar-refractivity contribution is 7.90. The molecule has 2 aromatic carbocycles. The fraction of sp³-hybridized carbons (Fsp3) is 0.387. The number of nitrogens with one attached hydrogen (secondary N) is 1. The van der Waals surface area contributed by atoms with Crippen molar-refractivity contribution in [1.82, 2.24) is 19.3 Å². The fourth-order valence-corrected chi connectivity index (χ4v) is 7.14. The summed E-state index contributed by atoms with van der Waals surface area (Å²) in [7, 11) is -4.10. The lowest BCUT2D eigenvalue weighted by Gasteiger charge is -2.34. The lowest BCUT2D eigenvalue weighted by atomic mass is 9.73. The van der Waals surface area contributed by atoms with Crippen LogP contribution in [0.15, 0.2) is 59.5 Å². The maximum absolute atomic E-state index is 13.5. The first-order chi connectivity index (χ1) is 19.2. The average molecular weight is 560 g/mol. The molecule has 1 fully saturated rings. The van der Waals surface area contributed by atoms with E-state index < -0.39 is 21.3 Å².